The third-order valence-corrected chi connectivity index (χ3v) is 4.55. The first-order valence-corrected chi connectivity index (χ1v) is 7.95. The minimum absolute atomic E-state index is 0.662. The topological polar surface area (TPSA) is 28.2 Å². The summed E-state index contributed by atoms with van der Waals surface area (Å²) in [5, 5.41) is 7.03. The molecule has 0 aromatic carbocycles. The molecule has 18 heavy (non-hydrogen) atoms. The lowest BCUT2D eigenvalue weighted by molar-refractivity contribution is 0.127. The molecule has 2 rings (SSSR count). The first-order chi connectivity index (χ1) is 8.69. The van der Waals surface area contributed by atoms with Gasteiger partial charge in [-0.15, -0.1) is 11.3 Å². The molecule has 1 fully saturated rings. The first-order valence-electron chi connectivity index (χ1n) is 7.07. The maximum Gasteiger partial charge on any atom is 0.0897 e. The molecule has 0 amide bonds. The van der Waals surface area contributed by atoms with Gasteiger partial charge in [-0.25, -0.2) is 4.98 Å². The second-order valence-corrected chi connectivity index (χ2v) is 6.42. The normalized spacial score (nSPS) is 25.5. The third kappa shape index (κ3) is 3.77. The van der Waals surface area contributed by atoms with E-state index in [-0.39, 0.29) is 0 Å². The van der Waals surface area contributed by atoms with Crippen molar-refractivity contribution in [3.8, 4) is 0 Å². The van der Waals surface area contributed by atoms with Gasteiger partial charge in [-0.05, 0) is 39.7 Å². The molecule has 2 atom stereocenters. The Hall–Kier alpha value is -0.450. The number of likely N-dealkylation sites (tertiary alicyclic amines) is 1. The molecule has 2 heterocycles. The Balaban J connectivity index is 1.82. The standard InChI is InChI=1S/C14H25N3S/c1-4-6-15-13-5-7-17(11(2)8-13)9-14-10-18-12(3)16-14/h10-11,13,15H,4-9H2,1-3H3. The number of aryl methyl sites for hydroxylation is 1. The Labute approximate surface area is 115 Å². The highest BCUT2D eigenvalue weighted by atomic mass is 32.1. The highest BCUT2D eigenvalue weighted by molar-refractivity contribution is 7.09. The fourth-order valence-corrected chi connectivity index (χ4v) is 3.28. The summed E-state index contributed by atoms with van der Waals surface area (Å²) in [5.74, 6) is 0. The fourth-order valence-electron chi connectivity index (χ4n) is 2.68. The van der Waals surface area contributed by atoms with Gasteiger partial charge < -0.3 is 5.32 Å². The number of hydrogen-bond donors (Lipinski definition) is 1. The lowest BCUT2D eigenvalue weighted by Gasteiger charge is -2.37. The van der Waals surface area contributed by atoms with E-state index in [1.807, 2.05) is 0 Å². The highest BCUT2D eigenvalue weighted by Crippen LogP contribution is 2.20. The summed E-state index contributed by atoms with van der Waals surface area (Å²) in [6.45, 7) is 10.0. The van der Waals surface area contributed by atoms with Crippen molar-refractivity contribution in [2.45, 2.75) is 58.7 Å². The molecule has 0 radical (unpaired) electrons. The second kappa shape index (κ2) is 6.64. The van der Waals surface area contributed by atoms with Crippen molar-refractivity contribution in [3.63, 3.8) is 0 Å². The molecule has 0 saturated carbocycles. The molecular formula is C14H25N3S. The zero-order valence-corrected chi connectivity index (χ0v) is 12.6. The zero-order chi connectivity index (χ0) is 13.0. The molecule has 1 aromatic heterocycles. The van der Waals surface area contributed by atoms with Crippen molar-refractivity contribution in [3.05, 3.63) is 16.1 Å². The SMILES string of the molecule is CCCNC1CCN(Cc2csc(C)n2)C(C)C1. The van der Waals surface area contributed by atoms with E-state index in [1.54, 1.807) is 11.3 Å². The molecule has 4 heteroatoms. The molecule has 1 aliphatic heterocycles. The van der Waals surface area contributed by atoms with Crippen molar-refractivity contribution in [1.82, 2.24) is 15.2 Å². The van der Waals surface area contributed by atoms with Crippen LogP contribution in [0.2, 0.25) is 0 Å². The molecular weight excluding hydrogens is 242 g/mol. The van der Waals surface area contributed by atoms with Gasteiger partial charge in [0, 0.05) is 30.6 Å². The number of rotatable bonds is 5. The smallest absolute Gasteiger partial charge is 0.0897 e. The lowest BCUT2D eigenvalue weighted by Crippen LogP contribution is -2.47. The summed E-state index contributed by atoms with van der Waals surface area (Å²) in [6.07, 6.45) is 3.77. The highest BCUT2D eigenvalue weighted by Gasteiger charge is 2.25. The quantitative estimate of drug-likeness (QED) is 0.889. The summed E-state index contributed by atoms with van der Waals surface area (Å²) >= 11 is 1.76. The Morgan fingerprint density at radius 1 is 1.56 bits per heavy atom. The van der Waals surface area contributed by atoms with Crippen molar-refractivity contribution in [2.24, 2.45) is 0 Å². The molecule has 1 saturated heterocycles. The molecule has 1 N–H and O–H groups in total. The van der Waals surface area contributed by atoms with Crippen LogP contribution in [0.25, 0.3) is 0 Å². The number of nitrogens with one attached hydrogen (secondary N) is 1. The summed E-state index contributed by atoms with van der Waals surface area (Å²) in [6, 6.07) is 1.38. The van der Waals surface area contributed by atoms with E-state index in [4.69, 9.17) is 0 Å². The molecule has 0 bridgehead atoms. The Kier molecular flexibility index (Phi) is 5.15. The van der Waals surface area contributed by atoms with Crippen molar-refractivity contribution >= 4 is 11.3 Å². The average molecular weight is 267 g/mol. The number of nitrogens with zero attached hydrogens (tertiary/aromatic N) is 2. The first kappa shape index (κ1) is 14.0. The van der Waals surface area contributed by atoms with Gasteiger partial charge in [0.25, 0.3) is 0 Å². The van der Waals surface area contributed by atoms with Crippen molar-refractivity contribution in [2.75, 3.05) is 13.1 Å². The number of aromatic nitrogens is 1. The largest absolute Gasteiger partial charge is 0.314 e. The predicted molar refractivity (Wildman–Crippen MR) is 78.0 cm³/mol. The molecule has 102 valence electrons. The minimum atomic E-state index is 0.662. The number of hydrogen-bond acceptors (Lipinski definition) is 4. The van der Waals surface area contributed by atoms with Crippen LogP contribution in [0.3, 0.4) is 0 Å². The van der Waals surface area contributed by atoms with E-state index >= 15 is 0 Å². The maximum absolute atomic E-state index is 4.57. The van der Waals surface area contributed by atoms with E-state index in [9.17, 15) is 0 Å². The van der Waals surface area contributed by atoms with Crippen LogP contribution < -0.4 is 5.32 Å². The Bertz CT molecular complexity index is 364. The Morgan fingerprint density at radius 3 is 3.00 bits per heavy atom. The molecule has 0 aliphatic carbocycles. The molecule has 3 nitrogen and oxygen atoms in total. The van der Waals surface area contributed by atoms with Crippen LogP contribution in [0.15, 0.2) is 5.38 Å². The van der Waals surface area contributed by atoms with Gasteiger partial charge in [0.1, 0.15) is 0 Å². The van der Waals surface area contributed by atoms with Crippen LogP contribution in [0.5, 0.6) is 0 Å². The number of thiazole rings is 1. The third-order valence-electron chi connectivity index (χ3n) is 3.73. The van der Waals surface area contributed by atoms with Gasteiger partial charge >= 0.3 is 0 Å². The van der Waals surface area contributed by atoms with Crippen LogP contribution in [-0.2, 0) is 6.54 Å². The maximum atomic E-state index is 4.57. The fraction of sp³-hybridized carbons (Fsp3) is 0.786. The van der Waals surface area contributed by atoms with Crippen molar-refractivity contribution < 1.29 is 0 Å². The predicted octanol–water partition coefficient (Wildman–Crippen LogP) is 2.80. The van der Waals surface area contributed by atoms with E-state index < -0.39 is 0 Å². The molecule has 2 unspecified atom stereocenters. The van der Waals surface area contributed by atoms with Gasteiger partial charge in [0.2, 0.25) is 0 Å². The monoisotopic (exact) mass is 267 g/mol. The average Bonchev–Trinajstić information content (AvgIpc) is 2.75. The molecule has 1 aromatic rings. The van der Waals surface area contributed by atoms with Gasteiger partial charge in [0.15, 0.2) is 0 Å². The lowest BCUT2D eigenvalue weighted by atomic mass is 9.98. The van der Waals surface area contributed by atoms with Gasteiger partial charge in [-0.3, -0.25) is 4.90 Å². The molecule has 1 aliphatic rings. The van der Waals surface area contributed by atoms with E-state index in [0.29, 0.717) is 12.1 Å². The summed E-state index contributed by atoms with van der Waals surface area (Å²) in [4.78, 5) is 7.14. The molecule has 0 spiro atoms. The van der Waals surface area contributed by atoms with Crippen LogP contribution in [-0.4, -0.2) is 35.1 Å². The van der Waals surface area contributed by atoms with Crippen molar-refractivity contribution in [1.29, 1.82) is 0 Å². The van der Waals surface area contributed by atoms with Crippen LogP contribution in [0.4, 0.5) is 0 Å². The van der Waals surface area contributed by atoms with Crippen LogP contribution in [0, 0.1) is 6.92 Å². The zero-order valence-electron chi connectivity index (χ0n) is 11.8. The van der Waals surface area contributed by atoms with Gasteiger partial charge in [0.05, 0.1) is 10.7 Å². The van der Waals surface area contributed by atoms with Crippen LogP contribution >= 0.6 is 11.3 Å². The Morgan fingerprint density at radius 2 is 2.39 bits per heavy atom. The van der Waals surface area contributed by atoms with Gasteiger partial charge in [-0.2, -0.15) is 0 Å². The number of piperidine rings is 1. The van der Waals surface area contributed by atoms with E-state index in [2.05, 4.69) is 41.4 Å². The minimum Gasteiger partial charge on any atom is -0.314 e. The van der Waals surface area contributed by atoms with E-state index in [0.717, 1.165) is 13.1 Å². The van der Waals surface area contributed by atoms with Gasteiger partial charge in [-0.1, -0.05) is 6.92 Å². The van der Waals surface area contributed by atoms with E-state index in [1.165, 1.54) is 36.5 Å². The second-order valence-electron chi connectivity index (χ2n) is 5.35. The summed E-state index contributed by atoms with van der Waals surface area (Å²) in [5.41, 5.74) is 1.24. The summed E-state index contributed by atoms with van der Waals surface area (Å²) in [7, 11) is 0. The van der Waals surface area contributed by atoms with Crippen LogP contribution in [0.1, 0.15) is 43.8 Å². The summed E-state index contributed by atoms with van der Waals surface area (Å²) < 4.78 is 0.